The topological polar surface area (TPSA) is 23.5 Å². The molecule has 0 aliphatic carbocycles. The summed E-state index contributed by atoms with van der Waals surface area (Å²) >= 11 is 0. The van der Waals surface area contributed by atoms with Gasteiger partial charge in [-0.25, -0.2) is 0 Å². The van der Waals surface area contributed by atoms with Gasteiger partial charge in [-0.1, -0.05) is 0 Å². The molecule has 1 N–H and O–H groups in total. The number of aliphatic hydroxyl groups excluding tert-OH is 1. The number of nitrogens with zero attached hydrogens (tertiary/aromatic N) is 1. The van der Waals surface area contributed by atoms with E-state index in [9.17, 15) is 0 Å². The molecule has 0 radical (unpaired) electrons. The van der Waals surface area contributed by atoms with Crippen LogP contribution in [0.5, 0.6) is 0 Å². The molecule has 1 rings (SSSR count). The molecule has 2 nitrogen and oxygen atoms in total. The van der Waals surface area contributed by atoms with E-state index in [0.29, 0.717) is 6.61 Å². The van der Waals surface area contributed by atoms with Crippen LogP contribution in [-0.2, 0) is 0 Å². The van der Waals surface area contributed by atoms with Crippen molar-refractivity contribution in [1.29, 1.82) is 0 Å². The summed E-state index contributed by atoms with van der Waals surface area (Å²) in [6, 6.07) is 0. The number of aliphatic hydroxyl groups is 1. The summed E-state index contributed by atoms with van der Waals surface area (Å²) in [4.78, 5) is 2.43. The Balaban J connectivity index is 1.80. The highest BCUT2D eigenvalue weighted by molar-refractivity contribution is 4.67. The number of unbranched alkanes of at least 4 members (excludes halogenated alkanes) is 1. The maximum absolute atomic E-state index is 8.45. The lowest BCUT2D eigenvalue weighted by Crippen LogP contribution is -2.37. The molecule has 2 heteroatoms. The Morgan fingerprint density at radius 1 is 1.22 bits per heavy atom. The van der Waals surface area contributed by atoms with Gasteiger partial charge in [0.25, 0.3) is 0 Å². The second kappa shape index (κ2) is 3.85. The van der Waals surface area contributed by atoms with Gasteiger partial charge in [-0.3, -0.25) is 0 Å². The van der Waals surface area contributed by atoms with E-state index in [1.807, 2.05) is 0 Å². The second-order valence-electron chi connectivity index (χ2n) is 2.63. The van der Waals surface area contributed by atoms with Gasteiger partial charge < -0.3 is 10.0 Å². The van der Waals surface area contributed by atoms with E-state index in [4.69, 9.17) is 5.11 Å². The summed E-state index contributed by atoms with van der Waals surface area (Å²) < 4.78 is 0. The maximum Gasteiger partial charge on any atom is 0.0431 e. The van der Waals surface area contributed by atoms with Crippen molar-refractivity contribution in [1.82, 2.24) is 4.90 Å². The van der Waals surface area contributed by atoms with E-state index < -0.39 is 0 Å². The van der Waals surface area contributed by atoms with Crippen LogP contribution in [0.15, 0.2) is 0 Å². The molecule has 1 saturated heterocycles. The number of hydrogen-bond donors (Lipinski definition) is 1. The third-order valence-corrected chi connectivity index (χ3v) is 1.83. The van der Waals surface area contributed by atoms with Gasteiger partial charge in [0.05, 0.1) is 0 Å². The molecule has 0 bridgehead atoms. The molecule has 0 aromatic carbocycles. The lowest BCUT2D eigenvalue weighted by Gasteiger charge is -2.30. The van der Waals surface area contributed by atoms with Crippen LogP contribution in [0, 0.1) is 0 Å². The van der Waals surface area contributed by atoms with E-state index in [1.54, 1.807) is 0 Å². The number of likely N-dealkylation sites (tertiary alicyclic amines) is 1. The molecular weight excluding hydrogens is 114 g/mol. The SMILES string of the molecule is OCCCCN1CCC1. The fraction of sp³-hybridized carbons (Fsp3) is 1.00. The highest BCUT2D eigenvalue weighted by atomic mass is 16.2. The molecule has 0 unspecified atom stereocenters. The predicted molar refractivity (Wildman–Crippen MR) is 37.4 cm³/mol. The van der Waals surface area contributed by atoms with Gasteiger partial charge in [0.15, 0.2) is 0 Å². The highest BCUT2D eigenvalue weighted by Crippen LogP contribution is 2.06. The van der Waals surface area contributed by atoms with Gasteiger partial charge in [0, 0.05) is 6.61 Å². The molecule has 0 amide bonds. The summed E-state index contributed by atoms with van der Waals surface area (Å²) in [5.74, 6) is 0. The lowest BCUT2D eigenvalue weighted by molar-refractivity contribution is 0.171. The van der Waals surface area contributed by atoms with Crippen LogP contribution >= 0.6 is 0 Å². The molecule has 9 heavy (non-hydrogen) atoms. The second-order valence-corrected chi connectivity index (χ2v) is 2.63. The van der Waals surface area contributed by atoms with Crippen LogP contribution in [-0.4, -0.2) is 36.2 Å². The largest absolute Gasteiger partial charge is 0.396 e. The van der Waals surface area contributed by atoms with Crippen molar-refractivity contribution in [3.8, 4) is 0 Å². The normalized spacial score (nSPS) is 19.7. The lowest BCUT2D eigenvalue weighted by atomic mass is 10.2. The van der Waals surface area contributed by atoms with Crippen molar-refractivity contribution in [2.45, 2.75) is 19.3 Å². The van der Waals surface area contributed by atoms with Crippen molar-refractivity contribution in [2.75, 3.05) is 26.2 Å². The Morgan fingerprint density at radius 2 is 2.00 bits per heavy atom. The van der Waals surface area contributed by atoms with Crippen LogP contribution in [0.4, 0.5) is 0 Å². The zero-order valence-electron chi connectivity index (χ0n) is 5.84. The Hall–Kier alpha value is -0.0800. The minimum atomic E-state index is 0.355. The van der Waals surface area contributed by atoms with Crippen molar-refractivity contribution in [3.63, 3.8) is 0 Å². The predicted octanol–water partition coefficient (Wildman–Crippen LogP) is 0.465. The molecule has 1 aliphatic heterocycles. The zero-order chi connectivity index (χ0) is 6.53. The summed E-state index contributed by atoms with van der Waals surface area (Å²) in [5.41, 5.74) is 0. The van der Waals surface area contributed by atoms with E-state index in [1.165, 1.54) is 26.1 Å². The zero-order valence-corrected chi connectivity index (χ0v) is 5.84. The third-order valence-electron chi connectivity index (χ3n) is 1.83. The fourth-order valence-electron chi connectivity index (χ4n) is 1.05. The first-order chi connectivity index (χ1) is 4.43. The molecule has 1 fully saturated rings. The first kappa shape index (κ1) is 7.03. The summed E-state index contributed by atoms with van der Waals surface area (Å²) in [7, 11) is 0. The highest BCUT2D eigenvalue weighted by Gasteiger charge is 2.11. The maximum atomic E-state index is 8.45. The Labute approximate surface area is 56.5 Å². The van der Waals surface area contributed by atoms with Crippen LogP contribution in [0.1, 0.15) is 19.3 Å². The molecular formula is C7H15NO. The Bertz CT molecular complexity index is 71.3. The van der Waals surface area contributed by atoms with E-state index in [-0.39, 0.29) is 0 Å². The van der Waals surface area contributed by atoms with Crippen LogP contribution in [0.3, 0.4) is 0 Å². The quantitative estimate of drug-likeness (QED) is 0.558. The fourth-order valence-corrected chi connectivity index (χ4v) is 1.05. The van der Waals surface area contributed by atoms with Crippen LogP contribution in [0.2, 0.25) is 0 Å². The standard InChI is InChI=1S/C7H15NO/c9-7-2-1-4-8-5-3-6-8/h9H,1-7H2. The third kappa shape index (κ3) is 2.33. The van der Waals surface area contributed by atoms with E-state index in [2.05, 4.69) is 4.90 Å². The van der Waals surface area contributed by atoms with Crippen LogP contribution < -0.4 is 0 Å². The monoisotopic (exact) mass is 129 g/mol. The number of rotatable bonds is 4. The Kier molecular flexibility index (Phi) is 3.01. The molecule has 0 aromatic rings. The molecule has 1 aliphatic rings. The molecule has 0 atom stereocenters. The minimum absolute atomic E-state index is 0.355. The Morgan fingerprint density at radius 3 is 2.44 bits per heavy atom. The molecule has 0 aromatic heterocycles. The summed E-state index contributed by atoms with van der Waals surface area (Å²) in [6.07, 6.45) is 3.51. The van der Waals surface area contributed by atoms with E-state index in [0.717, 1.165) is 12.8 Å². The van der Waals surface area contributed by atoms with Crippen LogP contribution in [0.25, 0.3) is 0 Å². The smallest absolute Gasteiger partial charge is 0.0431 e. The summed E-state index contributed by atoms with van der Waals surface area (Å²) in [5, 5.41) is 8.45. The van der Waals surface area contributed by atoms with Gasteiger partial charge in [-0.05, 0) is 38.9 Å². The van der Waals surface area contributed by atoms with Gasteiger partial charge >= 0.3 is 0 Å². The molecule has 0 spiro atoms. The van der Waals surface area contributed by atoms with Gasteiger partial charge in [0.2, 0.25) is 0 Å². The van der Waals surface area contributed by atoms with Crippen molar-refractivity contribution in [3.05, 3.63) is 0 Å². The number of hydrogen-bond acceptors (Lipinski definition) is 2. The first-order valence-electron chi connectivity index (χ1n) is 3.76. The average molecular weight is 129 g/mol. The van der Waals surface area contributed by atoms with Gasteiger partial charge in [-0.2, -0.15) is 0 Å². The molecule has 1 heterocycles. The average Bonchev–Trinajstić information content (AvgIpc) is 1.76. The molecule has 54 valence electrons. The van der Waals surface area contributed by atoms with Crippen molar-refractivity contribution < 1.29 is 5.11 Å². The van der Waals surface area contributed by atoms with E-state index >= 15 is 0 Å². The summed E-state index contributed by atoms with van der Waals surface area (Å²) in [6.45, 7) is 4.12. The van der Waals surface area contributed by atoms with Crippen molar-refractivity contribution in [2.24, 2.45) is 0 Å². The first-order valence-corrected chi connectivity index (χ1v) is 3.76. The molecule has 0 saturated carbocycles. The van der Waals surface area contributed by atoms with Gasteiger partial charge in [-0.15, -0.1) is 0 Å². The van der Waals surface area contributed by atoms with Crippen molar-refractivity contribution >= 4 is 0 Å². The minimum Gasteiger partial charge on any atom is -0.396 e. The van der Waals surface area contributed by atoms with Gasteiger partial charge in [0.1, 0.15) is 0 Å².